The average molecular weight is 338 g/mol. The molecule has 3 rings (SSSR count). The lowest BCUT2D eigenvalue weighted by atomic mass is 9.80. The lowest BCUT2D eigenvalue weighted by molar-refractivity contribution is -0.138. The molecule has 1 aromatic carbocycles. The van der Waals surface area contributed by atoms with Gasteiger partial charge in [-0.15, -0.1) is 0 Å². The van der Waals surface area contributed by atoms with E-state index in [4.69, 9.17) is 4.74 Å². The molecule has 1 aliphatic heterocycles. The maximum Gasteiger partial charge on any atom is 0.336 e. The second kappa shape index (κ2) is 6.97. The highest BCUT2D eigenvalue weighted by molar-refractivity contribution is 5.95. The van der Waals surface area contributed by atoms with Gasteiger partial charge in [0.25, 0.3) is 5.56 Å². The Labute approximate surface area is 146 Å². The van der Waals surface area contributed by atoms with Crippen molar-refractivity contribution in [1.82, 2.24) is 4.98 Å². The summed E-state index contributed by atoms with van der Waals surface area (Å²) in [6.45, 7) is 5.99. The summed E-state index contributed by atoms with van der Waals surface area (Å²) in [6, 6.07) is 9.62. The molecule has 2 aromatic rings. The Balaban J connectivity index is 2.31. The summed E-state index contributed by atoms with van der Waals surface area (Å²) in [6.07, 6.45) is 2.34. The SMILES string of the molecule is CCOC(=O)C1=C(CC)Nc2c(C)c[nH]c(=O)c2C1c1ccccc1. The molecule has 1 atom stereocenters. The number of anilines is 1. The Kier molecular flexibility index (Phi) is 4.74. The quantitative estimate of drug-likeness (QED) is 0.838. The lowest BCUT2D eigenvalue weighted by Crippen LogP contribution is -2.31. The van der Waals surface area contributed by atoms with E-state index in [2.05, 4.69) is 10.3 Å². The van der Waals surface area contributed by atoms with Crippen LogP contribution in [0.4, 0.5) is 5.69 Å². The van der Waals surface area contributed by atoms with Gasteiger partial charge in [0.1, 0.15) is 0 Å². The number of benzene rings is 1. The number of ether oxygens (including phenoxy) is 1. The van der Waals surface area contributed by atoms with Gasteiger partial charge in [-0.2, -0.15) is 0 Å². The summed E-state index contributed by atoms with van der Waals surface area (Å²) in [5.74, 6) is -0.831. The predicted molar refractivity (Wildman–Crippen MR) is 97.7 cm³/mol. The van der Waals surface area contributed by atoms with Crippen molar-refractivity contribution < 1.29 is 9.53 Å². The van der Waals surface area contributed by atoms with Crippen molar-refractivity contribution in [3.63, 3.8) is 0 Å². The highest BCUT2D eigenvalue weighted by atomic mass is 16.5. The van der Waals surface area contributed by atoms with Gasteiger partial charge in [-0.1, -0.05) is 37.3 Å². The molecule has 130 valence electrons. The molecule has 1 unspecified atom stereocenters. The average Bonchev–Trinajstić information content (AvgIpc) is 2.64. The number of carbonyl (C=O) groups excluding carboxylic acids is 1. The number of H-pyrrole nitrogens is 1. The van der Waals surface area contributed by atoms with Crippen molar-refractivity contribution in [3.8, 4) is 0 Å². The first-order chi connectivity index (χ1) is 12.1. The van der Waals surface area contributed by atoms with Crippen LogP contribution in [0.5, 0.6) is 0 Å². The zero-order valence-electron chi connectivity index (χ0n) is 14.7. The molecule has 0 saturated heterocycles. The Hall–Kier alpha value is -2.82. The molecular weight excluding hydrogens is 316 g/mol. The topological polar surface area (TPSA) is 71.2 Å². The number of allylic oxidation sites excluding steroid dienone is 1. The maximum atomic E-state index is 12.7. The van der Waals surface area contributed by atoms with E-state index >= 15 is 0 Å². The van der Waals surface area contributed by atoms with Crippen molar-refractivity contribution in [2.45, 2.75) is 33.1 Å². The number of pyridine rings is 1. The Morgan fingerprint density at radius 2 is 1.92 bits per heavy atom. The molecule has 2 heterocycles. The van der Waals surface area contributed by atoms with E-state index in [1.54, 1.807) is 13.1 Å². The largest absolute Gasteiger partial charge is 0.463 e. The smallest absolute Gasteiger partial charge is 0.336 e. The van der Waals surface area contributed by atoms with Crippen LogP contribution in [0.2, 0.25) is 0 Å². The van der Waals surface area contributed by atoms with Crippen LogP contribution < -0.4 is 10.9 Å². The van der Waals surface area contributed by atoms with E-state index < -0.39 is 5.92 Å². The molecular formula is C20H22N2O3. The van der Waals surface area contributed by atoms with Crippen LogP contribution in [0.15, 0.2) is 52.6 Å². The van der Waals surface area contributed by atoms with Gasteiger partial charge in [0.05, 0.1) is 29.3 Å². The van der Waals surface area contributed by atoms with E-state index in [0.717, 1.165) is 22.5 Å². The Bertz CT molecular complexity index is 882. The second-order valence-electron chi connectivity index (χ2n) is 6.02. The molecule has 0 amide bonds. The number of aryl methyl sites for hydroxylation is 1. The van der Waals surface area contributed by atoms with Gasteiger partial charge in [-0.3, -0.25) is 4.79 Å². The third-order valence-corrected chi connectivity index (χ3v) is 4.49. The van der Waals surface area contributed by atoms with Crippen molar-refractivity contribution >= 4 is 11.7 Å². The lowest BCUT2D eigenvalue weighted by Gasteiger charge is -2.31. The molecule has 1 aliphatic rings. The molecule has 5 nitrogen and oxygen atoms in total. The van der Waals surface area contributed by atoms with E-state index in [9.17, 15) is 9.59 Å². The summed E-state index contributed by atoms with van der Waals surface area (Å²) < 4.78 is 5.30. The first-order valence-electron chi connectivity index (χ1n) is 8.52. The monoisotopic (exact) mass is 338 g/mol. The first-order valence-corrected chi connectivity index (χ1v) is 8.52. The van der Waals surface area contributed by atoms with Gasteiger partial charge >= 0.3 is 5.97 Å². The first kappa shape index (κ1) is 17.0. The zero-order chi connectivity index (χ0) is 18.0. The van der Waals surface area contributed by atoms with Crippen LogP contribution in [0, 0.1) is 6.92 Å². The number of esters is 1. The van der Waals surface area contributed by atoms with Gasteiger partial charge < -0.3 is 15.0 Å². The number of fused-ring (bicyclic) bond motifs is 1. The van der Waals surface area contributed by atoms with Crippen molar-refractivity contribution in [2.75, 3.05) is 11.9 Å². The number of aromatic amines is 1. The normalized spacial score (nSPS) is 16.2. The molecule has 0 saturated carbocycles. The third kappa shape index (κ3) is 2.97. The van der Waals surface area contributed by atoms with Crippen LogP contribution in [-0.2, 0) is 9.53 Å². The number of aromatic nitrogens is 1. The summed E-state index contributed by atoms with van der Waals surface area (Å²) in [5, 5.41) is 3.30. The molecule has 1 aromatic heterocycles. The van der Waals surface area contributed by atoms with Gasteiger partial charge in [0, 0.05) is 11.9 Å². The minimum atomic E-state index is -0.449. The predicted octanol–water partition coefficient (Wildman–Crippen LogP) is 3.47. The van der Waals surface area contributed by atoms with E-state index in [-0.39, 0.29) is 18.1 Å². The van der Waals surface area contributed by atoms with Crippen molar-refractivity contribution in [3.05, 3.63) is 74.8 Å². The second-order valence-corrected chi connectivity index (χ2v) is 6.02. The number of rotatable bonds is 4. The fourth-order valence-corrected chi connectivity index (χ4v) is 3.34. The van der Waals surface area contributed by atoms with Crippen LogP contribution in [0.1, 0.15) is 42.9 Å². The zero-order valence-corrected chi connectivity index (χ0v) is 14.7. The maximum absolute atomic E-state index is 12.7. The minimum Gasteiger partial charge on any atom is -0.463 e. The molecule has 2 N–H and O–H groups in total. The number of carbonyl (C=O) groups is 1. The summed E-state index contributed by atoms with van der Waals surface area (Å²) >= 11 is 0. The molecule has 0 fully saturated rings. The standard InChI is InChI=1S/C20H22N2O3/c1-4-14-16(20(24)25-5-2)15(13-9-7-6-8-10-13)17-18(22-14)12(3)11-21-19(17)23/h6-11,15,22H,4-5H2,1-3H3,(H,21,23). The van der Waals surface area contributed by atoms with Crippen LogP contribution >= 0.6 is 0 Å². The van der Waals surface area contributed by atoms with Crippen LogP contribution in [0.25, 0.3) is 0 Å². The molecule has 0 spiro atoms. The highest BCUT2D eigenvalue weighted by Gasteiger charge is 2.36. The summed E-state index contributed by atoms with van der Waals surface area (Å²) in [5.41, 5.74) is 4.29. The molecule has 0 radical (unpaired) electrons. The minimum absolute atomic E-state index is 0.195. The number of nitrogens with one attached hydrogen (secondary N) is 2. The Morgan fingerprint density at radius 3 is 2.56 bits per heavy atom. The fourth-order valence-electron chi connectivity index (χ4n) is 3.34. The van der Waals surface area contributed by atoms with E-state index in [1.165, 1.54) is 0 Å². The Morgan fingerprint density at radius 1 is 1.20 bits per heavy atom. The summed E-state index contributed by atoms with van der Waals surface area (Å²) in [7, 11) is 0. The van der Waals surface area contributed by atoms with Gasteiger partial charge in [-0.25, -0.2) is 4.79 Å². The van der Waals surface area contributed by atoms with Gasteiger partial charge in [-0.05, 0) is 31.4 Å². The van der Waals surface area contributed by atoms with Gasteiger partial charge in [0.2, 0.25) is 0 Å². The number of hydrogen-bond acceptors (Lipinski definition) is 4. The molecule has 0 bridgehead atoms. The molecule has 25 heavy (non-hydrogen) atoms. The fraction of sp³-hybridized carbons (Fsp3) is 0.300. The molecule has 0 aliphatic carbocycles. The highest BCUT2D eigenvalue weighted by Crippen LogP contribution is 2.42. The van der Waals surface area contributed by atoms with Crippen molar-refractivity contribution in [1.29, 1.82) is 0 Å². The van der Waals surface area contributed by atoms with E-state index in [1.807, 2.05) is 44.2 Å². The van der Waals surface area contributed by atoms with E-state index in [0.29, 0.717) is 17.6 Å². The summed E-state index contributed by atoms with van der Waals surface area (Å²) in [4.78, 5) is 28.2. The van der Waals surface area contributed by atoms with Gasteiger partial charge in [0.15, 0.2) is 0 Å². The third-order valence-electron chi connectivity index (χ3n) is 4.49. The van der Waals surface area contributed by atoms with Crippen LogP contribution in [-0.4, -0.2) is 17.6 Å². The molecule has 5 heteroatoms. The number of hydrogen-bond donors (Lipinski definition) is 2. The van der Waals surface area contributed by atoms with Crippen molar-refractivity contribution in [2.24, 2.45) is 0 Å². The van der Waals surface area contributed by atoms with Crippen LogP contribution in [0.3, 0.4) is 0 Å².